The lowest BCUT2D eigenvalue weighted by Gasteiger charge is -2.34. The molecule has 0 aromatic heterocycles. The van der Waals surface area contributed by atoms with E-state index in [4.69, 9.17) is 9.84 Å². The topological polar surface area (TPSA) is 70.1 Å². The van der Waals surface area contributed by atoms with Crippen molar-refractivity contribution in [3.63, 3.8) is 0 Å². The Balaban J connectivity index is 1.84. The number of hydrogen-bond acceptors (Lipinski definition) is 5. The van der Waals surface area contributed by atoms with Gasteiger partial charge < -0.3 is 9.84 Å². The van der Waals surface area contributed by atoms with Gasteiger partial charge in [0.1, 0.15) is 12.4 Å². The summed E-state index contributed by atoms with van der Waals surface area (Å²) in [6.07, 6.45) is 0. The van der Waals surface area contributed by atoms with Crippen molar-refractivity contribution >= 4 is 10.0 Å². The molecule has 1 aliphatic rings. The third kappa shape index (κ3) is 4.91. The zero-order valence-corrected chi connectivity index (χ0v) is 14.6. The average Bonchev–Trinajstić information content (AvgIpc) is 2.54. The second kappa shape index (κ2) is 8.10. The van der Waals surface area contributed by atoms with E-state index in [9.17, 15) is 8.42 Å². The predicted octanol–water partition coefficient (Wildman–Crippen LogP) is 0.913. The Morgan fingerprint density at radius 2 is 1.74 bits per heavy atom. The smallest absolute Gasteiger partial charge is 0.216 e. The first-order chi connectivity index (χ1) is 10.9. The molecule has 6 nitrogen and oxygen atoms in total. The highest BCUT2D eigenvalue weighted by Gasteiger charge is 2.29. The molecule has 0 unspecified atom stereocenters. The van der Waals surface area contributed by atoms with Crippen LogP contribution in [0.2, 0.25) is 0 Å². The quantitative estimate of drug-likeness (QED) is 0.798. The minimum atomic E-state index is -3.14. The zero-order valence-electron chi connectivity index (χ0n) is 13.8. The summed E-state index contributed by atoms with van der Waals surface area (Å²) in [5, 5.41) is 8.37. The Labute approximate surface area is 138 Å². The molecule has 2 rings (SSSR count). The molecule has 0 radical (unpaired) electrons. The number of aliphatic hydroxyl groups is 1. The van der Waals surface area contributed by atoms with E-state index in [1.54, 1.807) is 18.2 Å². The standard InChI is InChI=1S/C16H26N2O4S/c1-14(2)23(20,21)18-9-7-17(8-10-18)13-15-3-5-16(6-4-15)22-12-11-19/h3-6,14,19H,7-13H2,1-2H3. The molecule has 1 heterocycles. The molecular formula is C16H26N2O4S. The van der Waals surface area contributed by atoms with Gasteiger partial charge in [0.05, 0.1) is 11.9 Å². The van der Waals surface area contributed by atoms with E-state index in [0.717, 1.165) is 25.4 Å². The van der Waals surface area contributed by atoms with Crippen LogP contribution in [0.25, 0.3) is 0 Å². The second-order valence-corrected chi connectivity index (χ2v) is 8.47. The van der Waals surface area contributed by atoms with Gasteiger partial charge in [-0.25, -0.2) is 8.42 Å². The van der Waals surface area contributed by atoms with Crippen LogP contribution >= 0.6 is 0 Å². The highest BCUT2D eigenvalue weighted by atomic mass is 32.2. The van der Waals surface area contributed by atoms with Crippen molar-refractivity contribution < 1.29 is 18.3 Å². The molecule has 0 atom stereocenters. The fourth-order valence-corrected chi connectivity index (χ4v) is 3.82. The van der Waals surface area contributed by atoms with Crippen molar-refractivity contribution in [2.45, 2.75) is 25.6 Å². The van der Waals surface area contributed by atoms with E-state index >= 15 is 0 Å². The van der Waals surface area contributed by atoms with Crippen LogP contribution in [0.5, 0.6) is 5.75 Å². The minimum absolute atomic E-state index is 0.00527. The highest BCUT2D eigenvalue weighted by molar-refractivity contribution is 7.89. The predicted molar refractivity (Wildman–Crippen MR) is 89.9 cm³/mol. The number of hydrogen-bond donors (Lipinski definition) is 1. The van der Waals surface area contributed by atoms with Gasteiger partial charge >= 0.3 is 0 Å². The van der Waals surface area contributed by atoms with Crippen LogP contribution in [0, 0.1) is 0 Å². The SMILES string of the molecule is CC(C)S(=O)(=O)N1CCN(Cc2ccc(OCCO)cc2)CC1. The summed E-state index contributed by atoms with van der Waals surface area (Å²) in [6, 6.07) is 7.79. The van der Waals surface area contributed by atoms with Crippen LogP contribution < -0.4 is 4.74 Å². The molecule has 1 fully saturated rings. The molecule has 7 heteroatoms. The lowest BCUT2D eigenvalue weighted by molar-refractivity contribution is 0.181. The second-order valence-electron chi connectivity index (χ2n) is 5.98. The lowest BCUT2D eigenvalue weighted by Crippen LogP contribution is -2.49. The first-order valence-corrected chi connectivity index (χ1v) is 9.47. The maximum atomic E-state index is 12.1. The third-order valence-corrected chi connectivity index (χ3v) is 6.25. The Morgan fingerprint density at radius 3 is 2.26 bits per heavy atom. The van der Waals surface area contributed by atoms with Crippen molar-refractivity contribution in [2.24, 2.45) is 0 Å². The summed E-state index contributed by atoms with van der Waals surface area (Å²) in [5.41, 5.74) is 1.17. The normalized spacial score (nSPS) is 17.6. The molecule has 0 spiro atoms. The van der Waals surface area contributed by atoms with Crippen LogP contribution in [0.1, 0.15) is 19.4 Å². The fourth-order valence-electron chi connectivity index (χ4n) is 2.55. The van der Waals surface area contributed by atoms with Crippen LogP contribution in [0.3, 0.4) is 0 Å². The molecule has 0 amide bonds. The molecule has 0 aliphatic carbocycles. The van der Waals surface area contributed by atoms with Crippen molar-refractivity contribution in [3.8, 4) is 5.75 Å². The van der Waals surface area contributed by atoms with Gasteiger partial charge in [0.25, 0.3) is 0 Å². The number of nitrogens with zero attached hydrogens (tertiary/aromatic N) is 2. The Kier molecular flexibility index (Phi) is 6.41. The molecule has 0 saturated carbocycles. The zero-order chi connectivity index (χ0) is 16.9. The molecule has 1 aromatic carbocycles. The lowest BCUT2D eigenvalue weighted by atomic mass is 10.2. The van der Waals surface area contributed by atoms with Gasteiger partial charge in [-0.2, -0.15) is 4.31 Å². The summed E-state index contributed by atoms with van der Waals surface area (Å²) in [6.45, 7) is 7.15. The highest BCUT2D eigenvalue weighted by Crippen LogP contribution is 2.16. The van der Waals surface area contributed by atoms with Crippen LogP contribution in [0.4, 0.5) is 0 Å². The minimum Gasteiger partial charge on any atom is -0.491 e. The first kappa shape index (κ1) is 18.2. The molecule has 1 saturated heterocycles. The maximum Gasteiger partial charge on any atom is 0.216 e. The Bertz CT molecular complexity index is 579. The summed E-state index contributed by atoms with van der Waals surface area (Å²) in [7, 11) is -3.14. The van der Waals surface area contributed by atoms with Gasteiger partial charge in [0.2, 0.25) is 10.0 Å². The Hall–Kier alpha value is -1.15. The molecule has 0 bridgehead atoms. The van der Waals surface area contributed by atoms with E-state index in [1.165, 1.54) is 5.56 Å². The van der Waals surface area contributed by atoms with Gasteiger partial charge in [0, 0.05) is 32.7 Å². The first-order valence-electron chi connectivity index (χ1n) is 7.97. The summed E-state index contributed by atoms with van der Waals surface area (Å²) in [5.74, 6) is 0.746. The summed E-state index contributed by atoms with van der Waals surface area (Å²) < 4.78 is 31.2. The van der Waals surface area contributed by atoms with E-state index in [0.29, 0.717) is 19.7 Å². The molecule has 1 aliphatic heterocycles. The summed E-state index contributed by atoms with van der Waals surface area (Å²) >= 11 is 0. The summed E-state index contributed by atoms with van der Waals surface area (Å²) in [4.78, 5) is 2.26. The maximum absolute atomic E-state index is 12.1. The van der Waals surface area contributed by atoms with E-state index < -0.39 is 10.0 Å². The number of aliphatic hydroxyl groups excluding tert-OH is 1. The van der Waals surface area contributed by atoms with E-state index in [2.05, 4.69) is 4.90 Å². The van der Waals surface area contributed by atoms with Gasteiger partial charge in [0.15, 0.2) is 0 Å². The molecule has 1 N–H and O–H groups in total. The van der Waals surface area contributed by atoms with Gasteiger partial charge in [-0.05, 0) is 31.5 Å². The number of ether oxygens (including phenoxy) is 1. The largest absolute Gasteiger partial charge is 0.491 e. The van der Waals surface area contributed by atoms with Crippen molar-refractivity contribution in [1.82, 2.24) is 9.21 Å². The van der Waals surface area contributed by atoms with Crippen molar-refractivity contribution in [1.29, 1.82) is 0 Å². The van der Waals surface area contributed by atoms with E-state index in [1.807, 2.05) is 24.3 Å². The van der Waals surface area contributed by atoms with Gasteiger partial charge in [-0.3, -0.25) is 4.90 Å². The number of rotatable bonds is 7. The average molecular weight is 342 g/mol. The van der Waals surface area contributed by atoms with E-state index in [-0.39, 0.29) is 11.9 Å². The van der Waals surface area contributed by atoms with Crippen LogP contribution in [0.15, 0.2) is 24.3 Å². The monoisotopic (exact) mass is 342 g/mol. The molecule has 130 valence electrons. The van der Waals surface area contributed by atoms with Gasteiger partial charge in [-0.15, -0.1) is 0 Å². The Morgan fingerprint density at radius 1 is 1.13 bits per heavy atom. The van der Waals surface area contributed by atoms with Crippen LogP contribution in [-0.4, -0.2) is 67.4 Å². The number of sulfonamides is 1. The molecular weight excluding hydrogens is 316 g/mol. The fraction of sp³-hybridized carbons (Fsp3) is 0.625. The van der Waals surface area contributed by atoms with Crippen LogP contribution in [-0.2, 0) is 16.6 Å². The van der Waals surface area contributed by atoms with Crippen molar-refractivity contribution in [2.75, 3.05) is 39.4 Å². The molecule has 23 heavy (non-hydrogen) atoms. The number of benzene rings is 1. The number of piperazine rings is 1. The van der Waals surface area contributed by atoms with Crippen molar-refractivity contribution in [3.05, 3.63) is 29.8 Å². The molecule has 1 aromatic rings. The third-order valence-electron chi connectivity index (χ3n) is 3.98. The van der Waals surface area contributed by atoms with Gasteiger partial charge in [-0.1, -0.05) is 12.1 Å².